The maximum absolute atomic E-state index is 10.5. The van der Waals surface area contributed by atoms with Crippen molar-refractivity contribution in [3.8, 4) is 5.75 Å². The van der Waals surface area contributed by atoms with Crippen LogP contribution < -0.4 is 4.74 Å². The molecule has 0 atom stereocenters. The maximum atomic E-state index is 10.5. The van der Waals surface area contributed by atoms with E-state index in [2.05, 4.69) is 6.92 Å². The molecule has 1 rings (SSSR count). The lowest BCUT2D eigenvalue weighted by Crippen LogP contribution is -1.97. The SMILES string of the molecule is CCCCCCCCCCCCOc1cccc(C=CC(=O)O)c1. The Morgan fingerprint density at radius 1 is 1.00 bits per heavy atom. The van der Waals surface area contributed by atoms with Crippen molar-refractivity contribution in [2.45, 2.75) is 71.1 Å². The first-order chi connectivity index (χ1) is 11.7. The number of aliphatic carboxylic acids is 1. The molecule has 0 fully saturated rings. The Morgan fingerprint density at radius 3 is 2.25 bits per heavy atom. The number of benzene rings is 1. The highest BCUT2D eigenvalue weighted by atomic mass is 16.5. The van der Waals surface area contributed by atoms with Gasteiger partial charge in [-0.1, -0.05) is 76.8 Å². The van der Waals surface area contributed by atoms with E-state index in [1.807, 2.05) is 24.3 Å². The molecule has 0 aliphatic rings. The number of carboxylic acid groups (broad SMARTS) is 1. The fraction of sp³-hybridized carbons (Fsp3) is 0.571. The predicted octanol–water partition coefficient (Wildman–Crippen LogP) is 6.08. The highest BCUT2D eigenvalue weighted by Crippen LogP contribution is 2.15. The first-order valence-electron chi connectivity index (χ1n) is 9.36. The Balaban J connectivity index is 2.05. The van der Waals surface area contributed by atoms with E-state index in [4.69, 9.17) is 9.84 Å². The number of hydrogen-bond acceptors (Lipinski definition) is 2. The van der Waals surface area contributed by atoms with Gasteiger partial charge in [-0.2, -0.15) is 0 Å². The highest BCUT2D eigenvalue weighted by Gasteiger charge is 1.97. The third-order valence-electron chi connectivity index (χ3n) is 4.04. The van der Waals surface area contributed by atoms with Crippen LogP contribution in [0.3, 0.4) is 0 Å². The van der Waals surface area contributed by atoms with Crippen molar-refractivity contribution in [3.05, 3.63) is 35.9 Å². The molecule has 1 aromatic carbocycles. The first kappa shape index (κ1) is 20.3. The first-order valence-corrected chi connectivity index (χ1v) is 9.36. The Labute approximate surface area is 146 Å². The van der Waals surface area contributed by atoms with Gasteiger partial charge in [0.1, 0.15) is 5.75 Å². The molecule has 0 unspecified atom stereocenters. The van der Waals surface area contributed by atoms with E-state index in [-0.39, 0.29) is 0 Å². The zero-order chi connectivity index (χ0) is 17.5. The number of rotatable bonds is 14. The van der Waals surface area contributed by atoms with Crippen LogP contribution in [0.15, 0.2) is 30.3 Å². The zero-order valence-corrected chi connectivity index (χ0v) is 15.0. The van der Waals surface area contributed by atoms with Crippen molar-refractivity contribution >= 4 is 12.0 Å². The molecule has 0 heterocycles. The van der Waals surface area contributed by atoms with Crippen molar-refractivity contribution in [2.75, 3.05) is 6.61 Å². The van der Waals surface area contributed by atoms with Crippen molar-refractivity contribution in [1.29, 1.82) is 0 Å². The number of unbranched alkanes of at least 4 members (excludes halogenated alkanes) is 9. The molecule has 0 aliphatic heterocycles. The summed E-state index contributed by atoms with van der Waals surface area (Å²) in [4.78, 5) is 10.5. The molecule has 0 aliphatic carbocycles. The number of hydrogen-bond donors (Lipinski definition) is 1. The van der Waals surface area contributed by atoms with Crippen LogP contribution in [0.4, 0.5) is 0 Å². The van der Waals surface area contributed by atoms with Gasteiger partial charge < -0.3 is 9.84 Å². The van der Waals surface area contributed by atoms with Crippen molar-refractivity contribution < 1.29 is 14.6 Å². The summed E-state index contributed by atoms with van der Waals surface area (Å²) < 4.78 is 5.74. The Bertz CT molecular complexity index is 480. The van der Waals surface area contributed by atoms with Crippen molar-refractivity contribution in [1.82, 2.24) is 0 Å². The molecule has 3 nitrogen and oxygen atoms in total. The molecule has 1 aromatic rings. The molecule has 0 spiro atoms. The summed E-state index contributed by atoms with van der Waals surface area (Å²) in [5.74, 6) is -0.134. The van der Waals surface area contributed by atoms with E-state index in [9.17, 15) is 4.79 Å². The average Bonchev–Trinajstić information content (AvgIpc) is 2.58. The van der Waals surface area contributed by atoms with E-state index in [0.29, 0.717) is 0 Å². The zero-order valence-electron chi connectivity index (χ0n) is 15.0. The van der Waals surface area contributed by atoms with E-state index in [1.54, 1.807) is 6.08 Å². The quantitative estimate of drug-likeness (QED) is 0.331. The van der Waals surface area contributed by atoms with Gasteiger partial charge in [-0.25, -0.2) is 4.79 Å². The van der Waals surface area contributed by atoms with Gasteiger partial charge in [-0.05, 0) is 30.2 Å². The second-order valence-corrected chi connectivity index (χ2v) is 6.27. The van der Waals surface area contributed by atoms with Crippen molar-refractivity contribution in [2.24, 2.45) is 0 Å². The highest BCUT2D eigenvalue weighted by molar-refractivity contribution is 5.85. The molecule has 0 radical (unpaired) electrons. The Morgan fingerprint density at radius 2 is 1.62 bits per heavy atom. The average molecular weight is 332 g/mol. The van der Waals surface area contributed by atoms with E-state index < -0.39 is 5.97 Å². The van der Waals surface area contributed by atoms with E-state index in [1.165, 1.54) is 57.8 Å². The lowest BCUT2D eigenvalue weighted by atomic mass is 10.1. The molecular weight excluding hydrogens is 300 g/mol. The molecule has 0 saturated carbocycles. The third-order valence-corrected chi connectivity index (χ3v) is 4.04. The molecule has 0 amide bonds. The lowest BCUT2D eigenvalue weighted by Gasteiger charge is -2.07. The third kappa shape index (κ3) is 10.9. The van der Waals surface area contributed by atoms with Gasteiger partial charge in [-0.15, -0.1) is 0 Å². The summed E-state index contributed by atoms with van der Waals surface area (Å²) in [6, 6.07) is 7.53. The van der Waals surface area contributed by atoms with Crippen LogP contribution in [0.2, 0.25) is 0 Å². The largest absolute Gasteiger partial charge is 0.494 e. The normalized spacial score (nSPS) is 11.0. The topological polar surface area (TPSA) is 46.5 Å². The van der Waals surface area contributed by atoms with Gasteiger partial charge in [0.25, 0.3) is 0 Å². The van der Waals surface area contributed by atoms with Gasteiger partial charge in [0.05, 0.1) is 6.61 Å². The van der Waals surface area contributed by atoms with Crippen LogP contribution in [-0.2, 0) is 4.79 Å². The minimum Gasteiger partial charge on any atom is -0.494 e. The molecular formula is C21H32O3. The molecule has 1 N–H and O–H groups in total. The second kappa shape index (κ2) is 13.6. The van der Waals surface area contributed by atoms with Gasteiger partial charge in [0, 0.05) is 6.08 Å². The standard InChI is InChI=1S/C21H32O3/c1-2-3-4-5-6-7-8-9-10-11-17-24-20-14-12-13-19(18-20)15-16-21(22)23/h12-16,18H,2-11,17H2,1H3,(H,22,23). The maximum Gasteiger partial charge on any atom is 0.328 e. The molecule has 0 saturated heterocycles. The molecule has 0 bridgehead atoms. The van der Waals surface area contributed by atoms with Gasteiger partial charge in [0.15, 0.2) is 0 Å². The number of carbonyl (C=O) groups is 1. The summed E-state index contributed by atoms with van der Waals surface area (Å²) in [7, 11) is 0. The minimum atomic E-state index is -0.938. The smallest absolute Gasteiger partial charge is 0.328 e. The van der Waals surface area contributed by atoms with Crippen LogP contribution in [0, 0.1) is 0 Å². The number of ether oxygens (including phenoxy) is 1. The van der Waals surface area contributed by atoms with Crippen molar-refractivity contribution in [3.63, 3.8) is 0 Å². The summed E-state index contributed by atoms with van der Waals surface area (Å²) in [5, 5.41) is 8.64. The second-order valence-electron chi connectivity index (χ2n) is 6.27. The Kier molecular flexibility index (Phi) is 11.5. The predicted molar refractivity (Wildman–Crippen MR) is 100 cm³/mol. The van der Waals surface area contributed by atoms with Crippen LogP contribution in [-0.4, -0.2) is 17.7 Å². The minimum absolute atomic E-state index is 0.725. The van der Waals surface area contributed by atoms with E-state index >= 15 is 0 Å². The molecule has 3 heteroatoms. The number of carboxylic acids is 1. The summed E-state index contributed by atoms with van der Waals surface area (Å²) in [6.07, 6.45) is 15.9. The molecule has 134 valence electrons. The fourth-order valence-electron chi connectivity index (χ4n) is 2.66. The summed E-state index contributed by atoms with van der Waals surface area (Å²) in [5.41, 5.74) is 0.845. The van der Waals surface area contributed by atoms with Gasteiger partial charge in [-0.3, -0.25) is 0 Å². The Hall–Kier alpha value is -1.77. The monoisotopic (exact) mass is 332 g/mol. The van der Waals surface area contributed by atoms with Gasteiger partial charge >= 0.3 is 5.97 Å². The lowest BCUT2D eigenvalue weighted by molar-refractivity contribution is -0.131. The molecule has 24 heavy (non-hydrogen) atoms. The summed E-state index contributed by atoms with van der Waals surface area (Å²) in [6.45, 7) is 2.98. The summed E-state index contributed by atoms with van der Waals surface area (Å²) >= 11 is 0. The van der Waals surface area contributed by atoms with Crippen LogP contribution in [0.25, 0.3) is 6.08 Å². The van der Waals surface area contributed by atoms with Gasteiger partial charge in [0.2, 0.25) is 0 Å². The van der Waals surface area contributed by atoms with Crippen LogP contribution in [0.5, 0.6) is 5.75 Å². The van der Waals surface area contributed by atoms with Crippen LogP contribution in [0.1, 0.15) is 76.7 Å². The molecule has 0 aromatic heterocycles. The van der Waals surface area contributed by atoms with E-state index in [0.717, 1.165) is 30.4 Å². The van der Waals surface area contributed by atoms with Crippen LogP contribution >= 0.6 is 0 Å². The fourth-order valence-corrected chi connectivity index (χ4v) is 2.66.